The van der Waals surface area contributed by atoms with Gasteiger partial charge >= 0.3 is 0 Å². The second-order valence-electron chi connectivity index (χ2n) is 5.12. The quantitative estimate of drug-likeness (QED) is 0.862. The number of hydrogen-bond donors (Lipinski definition) is 1. The number of rotatable bonds is 4. The Hall–Kier alpha value is -1.62. The highest BCUT2D eigenvalue weighted by atomic mass is 19.1. The predicted molar refractivity (Wildman–Crippen MR) is 76.0 cm³/mol. The summed E-state index contributed by atoms with van der Waals surface area (Å²) in [4.78, 5) is 14.2. The van der Waals surface area contributed by atoms with Crippen molar-refractivity contribution in [1.82, 2.24) is 4.90 Å². The number of carbonyl (C=O) groups excluding carboxylic acids is 1. The van der Waals surface area contributed by atoms with E-state index in [9.17, 15) is 9.18 Å². The first-order valence-electron chi connectivity index (χ1n) is 7.07. The molecule has 1 aromatic carbocycles. The molecule has 1 saturated heterocycles. The number of likely N-dealkylation sites (tertiary alicyclic amines) is 1. The molecule has 0 spiro atoms. The summed E-state index contributed by atoms with van der Waals surface area (Å²) in [5, 5.41) is 0. The first kappa shape index (κ1) is 14.8. The minimum absolute atomic E-state index is 0.0920. The molecular formula is C15H21FN2O2. The number of piperidine rings is 1. The van der Waals surface area contributed by atoms with Crippen molar-refractivity contribution in [2.75, 3.05) is 25.4 Å². The average Bonchev–Trinajstić information content (AvgIpc) is 2.45. The standard InChI is InChI=1S/C15H21FN2O2/c1-2-8-20-12-4-3-7-18(10-12)15(19)13-6-5-11(16)9-14(13)17/h5-6,9,12H,2-4,7-8,10,17H2,1H3. The molecule has 1 aliphatic heterocycles. The van der Waals surface area contributed by atoms with Crippen molar-refractivity contribution in [2.24, 2.45) is 0 Å². The van der Waals surface area contributed by atoms with E-state index in [4.69, 9.17) is 10.5 Å². The second-order valence-corrected chi connectivity index (χ2v) is 5.12. The van der Waals surface area contributed by atoms with Crippen molar-refractivity contribution in [1.29, 1.82) is 0 Å². The van der Waals surface area contributed by atoms with Gasteiger partial charge in [0.2, 0.25) is 0 Å². The molecule has 20 heavy (non-hydrogen) atoms. The van der Waals surface area contributed by atoms with Crippen LogP contribution in [-0.2, 0) is 4.74 Å². The van der Waals surface area contributed by atoms with Crippen LogP contribution in [0.3, 0.4) is 0 Å². The molecule has 1 amide bonds. The molecule has 1 aliphatic rings. The van der Waals surface area contributed by atoms with Gasteiger partial charge in [-0.3, -0.25) is 4.79 Å². The molecule has 0 aromatic heterocycles. The number of hydrogen-bond acceptors (Lipinski definition) is 3. The van der Waals surface area contributed by atoms with E-state index < -0.39 is 5.82 Å². The molecular weight excluding hydrogens is 259 g/mol. The fourth-order valence-corrected chi connectivity index (χ4v) is 2.44. The number of amides is 1. The van der Waals surface area contributed by atoms with Gasteiger partial charge in [0.25, 0.3) is 5.91 Å². The Morgan fingerprint density at radius 3 is 3.05 bits per heavy atom. The molecule has 0 saturated carbocycles. The summed E-state index contributed by atoms with van der Waals surface area (Å²) in [6.07, 6.45) is 2.95. The molecule has 1 unspecified atom stereocenters. The van der Waals surface area contributed by atoms with Crippen molar-refractivity contribution in [3.05, 3.63) is 29.6 Å². The van der Waals surface area contributed by atoms with Crippen LogP contribution in [0.25, 0.3) is 0 Å². The van der Waals surface area contributed by atoms with E-state index in [0.717, 1.165) is 19.3 Å². The number of carbonyl (C=O) groups is 1. The molecule has 1 fully saturated rings. The lowest BCUT2D eigenvalue weighted by Crippen LogP contribution is -2.43. The van der Waals surface area contributed by atoms with Crippen LogP contribution in [0.4, 0.5) is 10.1 Å². The highest BCUT2D eigenvalue weighted by molar-refractivity contribution is 5.99. The van der Waals surface area contributed by atoms with Crippen molar-refractivity contribution in [2.45, 2.75) is 32.3 Å². The van der Waals surface area contributed by atoms with Gasteiger partial charge in [0.1, 0.15) is 5.82 Å². The molecule has 2 N–H and O–H groups in total. The van der Waals surface area contributed by atoms with Crippen LogP contribution < -0.4 is 5.73 Å². The highest BCUT2D eigenvalue weighted by Crippen LogP contribution is 2.20. The molecule has 1 heterocycles. The number of ether oxygens (including phenoxy) is 1. The van der Waals surface area contributed by atoms with Gasteiger partial charge in [-0.2, -0.15) is 0 Å². The third-order valence-electron chi connectivity index (χ3n) is 3.47. The minimum Gasteiger partial charge on any atom is -0.398 e. The number of nitrogen functional groups attached to an aromatic ring is 1. The smallest absolute Gasteiger partial charge is 0.256 e. The second kappa shape index (κ2) is 6.70. The molecule has 0 aliphatic carbocycles. The lowest BCUT2D eigenvalue weighted by Gasteiger charge is -2.33. The number of nitrogens with zero attached hydrogens (tertiary/aromatic N) is 1. The molecule has 0 bridgehead atoms. The number of halogens is 1. The SMILES string of the molecule is CCCOC1CCCN(C(=O)c2ccc(F)cc2N)C1. The Labute approximate surface area is 118 Å². The summed E-state index contributed by atoms with van der Waals surface area (Å²) in [7, 11) is 0. The van der Waals surface area contributed by atoms with Crippen molar-refractivity contribution in [3.8, 4) is 0 Å². The molecule has 5 heteroatoms. The van der Waals surface area contributed by atoms with Crippen LogP contribution in [0.1, 0.15) is 36.5 Å². The summed E-state index contributed by atoms with van der Waals surface area (Å²) in [6.45, 7) is 4.05. The summed E-state index contributed by atoms with van der Waals surface area (Å²) in [5.41, 5.74) is 6.28. The van der Waals surface area contributed by atoms with Gasteiger partial charge in [0, 0.05) is 25.4 Å². The summed E-state index contributed by atoms with van der Waals surface area (Å²) in [5.74, 6) is -0.575. The number of benzene rings is 1. The maximum absolute atomic E-state index is 13.0. The molecule has 110 valence electrons. The van der Waals surface area contributed by atoms with Crippen LogP contribution in [0.15, 0.2) is 18.2 Å². The van der Waals surface area contributed by atoms with E-state index in [1.807, 2.05) is 0 Å². The molecule has 1 aromatic rings. The zero-order valence-corrected chi connectivity index (χ0v) is 11.8. The van der Waals surface area contributed by atoms with E-state index in [0.29, 0.717) is 25.3 Å². The number of anilines is 1. The topological polar surface area (TPSA) is 55.6 Å². The van der Waals surface area contributed by atoms with Gasteiger partial charge in [-0.1, -0.05) is 6.92 Å². The van der Waals surface area contributed by atoms with E-state index in [-0.39, 0.29) is 17.7 Å². The predicted octanol–water partition coefficient (Wildman–Crippen LogP) is 2.44. The van der Waals surface area contributed by atoms with Crippen LogP contribution in [0.2, 0.25) is 0 Å². The Bertz CT molecular complexity index is 479. The van der Waals surface area contributed by atoms with Gasteiger partial charge < -0.3 is 15.4 Å². The largest absolute Gasteiger partial charge is 0.398 e. The first-order chi connectivity index (χ1) is 9.61. The van der Waals surface area contributed by atoms with E-state index in [1.54, 1.807) is 4.90 Å². The Morgan fingerprint density at radius 2 is 2.35 bits per heavy atom. The van der Waals surface area contributed by atoms with Crippen LogP contribution in [0, 0.1) is 5.82 Å². The summed E-state index contributed by atoms with van der Waals surface area (Å²) < 4.78 is 18.7. The minimum atomic E-state index is -0.429. The van der Waals surface area contributed by atoms with Gasteiger partial charge in [-0.25, -0.2) is 4.39 Å². The van der Waals surface area contributed by atoms with E-state index in [2.05, 4.69) is 6.92 Å². The maximum atomic E-state index is 13.0. The molecule has 0 radical (unpaired) electrons. The Balaban J connectivity index is 2.04. The Morgan fingerprint density at radius 1 is 1.55 bits per heavy atom. The lowest BCUT2D eigenvalue weighted by molar-refractivity contribution is 0.00214. The maximum Gasteiger partial charge on any atom is 0.256 e. The van der Waals surface area contributed by atoms with Gasteiger partial charge in [0.05, 0.1) is 11.7 Å². The van der Waals surface area contributed by atoms with Crippen LogP contribution in [0.5, 0.6) is 0 Å². The molecule has 2 rings (SSSR count). The summed E-state index contributed by atoms with van der Waals surface area (Å²) >= 11 is 0. The third-order valence-corrected chi connectivity index (χ3v) is 3.47. The van der Waals surface area contributed by atoms with Gasteiger partial charge in [-0.15, -0.1) is 0 Å². The summed E-state index contributed by atoms with van der Waals surface area (Å²) in [6, 6.07) is 3.89. The van der Waals surface area contributed by atoms with E-state index >= 15 is 0 Å². The highest BCUT2D eigenvalue weighted by Gasteiger charge is 2.25. The average molecular weight is 280 g/mol. The zero-order chi connectivity index (χ0) is 14.5. The number of nitrogens with two attached hydrogens (primary N) is 1. The van der Waals surface area contributed by atoms with Gasteiger partial charge in [-0.05, 0) is 37.5 Å². The fraction of sp³-hybridized carbons (Fsp3) is 0.533. The normalized spacial score (nSPS) is 19.1. The monoisotopic (exact) mass is 280 g/mol. The van der Waals surface area contributed by atoms with Gasteiger partial charge in [0.15, 0.2) is 0 Å². The fourth-order valence-electron chi connectivity index (χ4n) is 2.44. The van der Waals surface area contributed by atoms with Crippen molar-refractivity contribution >= 4 is 11.6 Å². The van der Waals surface area contributed by atoms with Crippen LogP contribution in [-0.4, -0.2) is 36.6 Å². The van der Waals surface area contributed by atoms with Crippen molar-refractivity contribution in [3.63, 3.8) is 0 Å². The zero-order valence-electron chi connectivity index (χ0n) is 11.8. The Kier molecular flexibility index (Phi) is 4.95. The third kappa shape index (κ3) is 3.48. The molecule has 1 atom stereocenters. The van der Waals surface area contributed by atoms with Crippen molar-refractivity contribution < 1.29 is 13.9 Å². The van der Waals surface area contributed by atoms with E-state index in [1.165, 1.54) is 18.2 Å². The van der Waals surface area contributed by atoms with Crippen LogP contribution >= 0.6 is 0 Å². The lowest BCUT2D eigenvalue weighted by atomic mass is 10.1. The molecule has 4 nitrogen and oxygen atoms in total. The first-order valence-corrected chi connectivity index (χ1v) is 7.07.